The molecule has 5 nitrogen and oxygen atoms in total. The quantitative estimate of drug-likeness (QED) is 0.0413. The van der Waals surface area contributed by atoms with E-state index in [1.54, 1.807) is 0 Å². The number of aliphatic hydroxyl groups excluding tert-OH is 1. The Bertz CT molecular complexity index is 1010. The van der Waals surface area contributed by atoms with Crippen LogP contribution in [0.1, 0.15) is 155 Å². The largest absolute Gasteiger partial charge is 0.462 e. The van der Waals surface area contributed by atoms with Crippen LogP contribution < -0.4 is 0 Å². The molecule has 50 heavy (non-hydrogen) atoms. The highest BCUT2D eigenvalue weighted by molar-refractivity contribution is 5.70. The third-order valence-corrected chi connectivity index (χ3v) is 7.87. The number of ether oxygens (including phenoxy) is 2. The molecule has 1 N–H and O–H groups in total. The van der Waals surface area contributed by atoms with Gasteiger partial charge in [0.2, 0.25) is 0 Å². The second-order valence-electron chi connectivity index (χ2n) is 12.6. The maximum atomic E-state index is 12.2. The fourth-order valence-electron chi connectivity index (χ4n) is 4.95. The molecule has 0 saturated heterocycles. The van der Waals surface area contributed by atoms with Gasteiger partial charge in [0.15, 0.2) is 6.10 Å². The van der Waals surface area contributed by atoms with E-state index in [0.717, 1.165) is 109 Å². The molecule has 0 spiro atoms. The number of hydrogen-bond acceptors (Lipinski definition) is 5. The lowest BCUT2D eigenvalue weighted by molar-refractivity contribution is -0.161. The second-order valence-corrected chi connectivity index (χ2v) is 12.6. The Kier molecular flexibility index (Phi) is 37.7. The number of rotatable bonds is 34. The van der Waals surface area contributed by atoms with Crippen LogP contribution in [0.2, 0.25) is 0 Å². The summed E-state index contributed by atoms with van der Waals surface area (Å²) in [6.07, 6.45) is 56.0. The highest BCUT2D eigenvalue weighted by atomic mass is 16.6. The topological polar surface area (TPSA) is 72.8 Å². The molecular formula is C45H72O5. The Morgan fingerprint density at radius 3 is 1.20 bits per heavy atom. The fourth-order valence-corrected chi connectivity index (χ4v) is 4.95. The highest BCUT2D eigenvalue weighted by Crippen LogP contribution is 2.11. The highest BCUT2D eigenvalue weighted by Gasteiger charge is 2.16. The first kappa shape index (κ1) is 46.8. The van der Waals surface area contributed by atoms with E-state index in [1.165, 1.54) is 19.3 Å². The van der Waals surface area contributed by atoms with E-state index in [-0.39, 0.29) is 25.2 Å². The van der Waals surface area contributed by atoms with Gasteiger partial charge >= 0.3 is 11.9 Å². The van der Waals surface area contributed by atoms with Gasteiger partial charge in [-0.1, -0.05) is 150 Å². The van der Waals surface area contributed by atoms with Crippen molar-refractivity contribution < 1.29 is 24.2 Å². The van der Waals surface area contributed by atoms with Crippen LogP contribution in [0, 0.1) is 0 Å². The van der Waals surface area contributed by atoms with E-state index < -0.39 is 6.10 Å². The summed E-state index contributed by atoms with van der Waals surface area (Å²) in [5.74, 6) is -0.645. The van der Waals surface area contributed by atoms with Crippen molar-refractivity contribution in [2.45, 2.75) is 161 Å². The third-order valence-electron chi connectivity index (χ3n) is 7.87. The summed E-state index contributed by atoms with van der Waals surface area (Å²) in [4.78, 5) is 24.3. The number of allylic oxidation sites excluding steroid dienone is 16. The standard InChI is InChI=1S/C45H72O5/c1-3-5-7-9-11-13-15-17-19-21-22-24-26-28-30-32-34-36-38-40-45(48)50-43(41-46)42-49-44(47)39-37-35-33-31-29-27-25-23-20-18-16-14-12-10-8-6-4-2/h5-8,11-14,17-20,22,24-25,27,43,46H,3-4,9-10,15-16,21,23,26,28-42H2,1-2H3/b7-5-,8-6-,13-11-,14-12-,19-17-,20-18-,24-22-,27-25-. The monoisotopic (exact) mass is 693 g/mol. The Morgan fingerprint density at radius 2 is 0.800 bits per heavy atom. The van der Waals surface area contributed by atoms with E-state index in [0.29, 0.717) is 12.8 Å². The molecule has 0 aromatic rings. The summed E-state index contributed by atoms with van der Waals surface area (Å²) in [7, 11) is 0. The molecule has 0 aromatic carbocycles. The summed E-state index contributed by atoms with van der Waals surface area (Å²) >= 11 is 0. The van der Waals surface area contributed by atoms with Gasteiger partial charge in [-0.25, -0.2) is 0 Å². The van der Waals surface area contributed by atoms with Crippen LogP contribution >= 0.6 is 0 Å². The predicted octanol–water partition coefficient (Wildman–Crippen LogP) is 12.5. The van der Waals surface area contributed by atoms with E-state index in [4.69, 9.17) is 9.47 Å². The Hall–Kier alpha value is -3.18. The van der Waals surface area contributed by atoms with Crippen molar-refractivity contribution in [2.75, 3.05) is 13.2 Å². The zero-order chi connectivity index (χ0) is 36.4. The molecule has 0 heterocycles. The summed E-state index contributed by atoms with van der Waals surface area (Å²) in [5.41, 5.74) is 0. The molecule has 282 valence electrons. The van der Waals surface area contributed by atoms with Gasteiger partial charge in [0.25, 0.3) is 0 Å². The Morgan fingerprint density at radius 1 is 0.460 bits per heavy atom. The van der Waals surface area contributed by atoms with E-state index in [1.807, 2.05) is 0 Å². The summed E-state index contributed by atoms with van der Waals surface area (Å²) in [6, 6.07) is 0. The Balaban J connectivity index is 3.67. The SMILES string of the molecule is CC/C=C\C/C=C\C/C=C\C/C=C\CCCCCCCCC(=O)OC(CO)COC(=O)CCCCCC/C=C\C/C=C\C/C=C\C/C=C\CC. The van der Waals surface area contributed by atoms with Crippen molar-refractivity contribution in [3.8, 4) is 0 Å². The molecule has 0 aliphatic heterocycles. The lowest BCUT2D eigenvalue weighted by atomic mass is 10.1. The van der Waals surface area contributed by atoms with Crippen LogP contribution in [0.15, 0.2) is 97.2 Å². The second kappa shape index (κ2) is 40.3. The average molecular weight is 693 g/mol. The maximum absolute atomic E-state index is 12.2. The van der Waals surface area contributed by atoms with E-state index in [9.17, 15) is 14.7 Å². The molecule has 0 aliphatic rings. The summed E-state index contributed by atoms with van der Waals surface area (Å²) in [5, 5.41) is 9.56. The van der Waals surface area contributed by atoms with Gasteiger partial charge in [-0.3, -0.25) is 9.59 Å². The zero-order valence-corrected chi connectivity index (χ0v) is 31.9. The smallest absolute Gasteiger partial charge is 0.306 e. The molecule has 0 radical (unpaired) electrons. The van der Waals surface area contributed by atoms with Crippen molar-refractivity contribution in [2.24, 2.45) is 0 Å². The van der Waals surface area contributed by atoms with Gasteiger partial charge in [-0.2, -0.15) is 0 Å². The number of carbonyl (C=O) groups is 2. The molecule has 0 aromatic heterocycles. The molecule has 1 unspecified atom stereocenters. The van der Waals surface area contributed by atoms with Crippen molar-refractivity contribution in [1.82, 2.24) is 0 Å². The molecule has 0 amide bonds. The third kappa shape index (κ3) is 37.6. The van der Waals surface area contributed by atoms with Gasteiger partial charge in [0.05, 0.1) is 6.61 Å². The average Bonchev–Trinajstić information content (AvgIpc) is 3.12. The molecule has 1 atom stereocenters. The number of hydrogen-bond donors (Lipinski definition) is 1. The van der Waals surface area contributed by atoms with Crippen molar-refractivity contribution in [3.05, 3.63) is 97.2 Å². The van der Waals surface area contributed by atoms with Crippen molar-refractivity contribution >= 4 is 11.9 Å². The lowest BCUT2D eigenvalue weighted by Gasteiger charge is -2.15. The maximum Gasteiger partial charge on any atom is 0.306 e. The minimum atomic E-state index is -0.795. The first-order valence-corrected chi connectivity index (χ1v) is 19.8. The minimum absolute atomic E-state index is 0.0911. The molecule has 0 saturated carbocycles. The predicted molar refractivity (Wildman–Crippen MR) is 214 cm³/mol. The van der Waals surface area contributed by atoms with Crippen LogP contribution in [0.25, 0.3) is 0 Å². The van der Waals surface area contributed by atoms with Gasteiger partial charge in [-0.05, 0) is 89.9 Å². The van der Waals surface area contributed by atoms with Crippen LogP contribution in [-0.2, 0) is 19.1 Å². The Labute approximate surface area is 307 Å². The first-order chi connectivity index (χ1) is 24.6. The fraction of sp³-hybridized carbons (Fsp3) is 0.600. The van der Waals surface area contributed by atoms with E-state index >= 15 is 0 Å². The van der Waals surface area contributed by atoms with Crippen molar-refractivity contribution in [1.29, 1.82) is 0 Å². The normalized spacial score (nSPS) is 13.3. The van der Waals surface area contributed by atoms with Crippen LogP contribution in [0.4, 0.5) is 0 Å². The van der Waals surface area contributed by atoms with Crippen molar-refractivity contribution in [3.63, 3.8) is 0 Å². The number of carbonyl (C=O) groups excluding carboxylic acids is 2. The number of aliphatic hydroxyl groups is 1. The van der Waals surface area contributed by atoms with Crippen LogP contribution in [0.3, 0.4) is 0 Å². The van der Waals surface area contributed by atoms with E-state index in [2.05, 4.69) is 111 Å². The molecule has 0 aliphatic carbocycles. The molecule has 0 rings (SSSR count). The van der Waals surface area contributed by atoms with Crippen LogP contribution in [0.5, 0.6) is 0 Å². The number of unbranched alkanes of at least 4 members (excludes halogenated alkanes) is 10. The van der Waals surface area contributed by atoms with Gasteiger partial charge in [0, 0.05) is 12.8 Å². The van der Waals surface area contributed by atoms with Gasteiger partial charge in [0.1, 0.15) is 6.61 Å². The molecular weight excluding hydrogens is 620 g/mol. The van der Waals surface area contributed by atoms with Gasteiger partial charge < -0.3 is 14.6 Å². The van der Waals surface area contributed by atoms with Crippen LogP contribution in [-0.4, -0.2) is 36.4 Å². The molecule has 0 bridgehead atoms. The lowest BCUT2D eigenvalue weighted by Crippen LogP contribution is -2.28. The molecule has 5 heteroatoms. The zero-order valence-electron chi connectivity index (χ0n) is 31.9. The molecule has 0 fully saturated rings. The summed E-state index contributed by atoms with van der Waals surface area (Å²) < 4.78 is 10.6. The van der Waals surface area contributed by atoms with Gasteiger partial charge in [-0.15, -0.1) is 0 Å². The first-order valence-electron chi connectivity index (χ1n) is 19.8. The minimum Gasteiger partial charge on any atom is -0.462 e. The number of esters is 2. The summed E-state index contributed by atoms with van der Waals surface area (Å²) in [6.45, 7) is 3.86.